The number of pyridine rings is 1. The first kappa shape index (κ1) is 15.9. The molecule has 0 amide bonds. The molecule has 1 rings (SSSR count). The zero-order valence-corrected chi connectivity index (χ0v) is 11.9. The molecule has 1 N–H and O–H groups in total. The van der Waals surface area contributed by atoms with Gasteiger partial charge in [0.25, 0.3) is 0 Å². The van der Waals surface area contributed by atoms with Crippen molar-refractivity contribution in [1.82, 2.24) is 4.98 Å². The summed E-state index contributed by atoms with van der Waals surface area (Å²) in [5, 5.41) is 19.9. The minimum absolute atomic E-state index is 0.331. The summed E-state index contributed by atoms with van der Waals surface area (Å²) in [7, 11) is 0. The number of nitrogens with zero attached hydrogens (tertiary/aromatic N) is 3. The van der Waals surface area contributed by atoms with Gasteiger partial charge in [0, 0.05) is 19.2 Å². The van der Waals surface area contributed by atoms with E-state index in [9.17, 15) is 14.9 Å². The summed E-state index contributed by atoms with van der Waals surface area (Å²) in [5.41, 5.74) is -0.816. The van der Waals surface area contributed by atoms with Crippen LogP contribution in [0.1, 0.15) is 37.6 Å². The molecular formula is C13H19N3O4. The zero-order chi connectivity index (χ0) is 15.3. The number of aromatic nitrogens is 1. The normalized spacial score (nSPS) is 11.9. The van der Waals surface area contributed by atoms with Crippen LogP contribution in [0.4, 0.5) is 11.5 Å². The maximum atomic E-state index is 11.1. The van der Waals surface area contributed by atoms with Crippen LogP contribution in [0, 0.1) is 16.0 Å². The van der Waals surface area contributed by atoms with Gasteiger partial charge in [0.1, 0.15) is 17.6 Å². The Labute approximate surface area is 117 Å². The Bertz CT molecular complexity index is 504. The van der Waals surface area contributed by atoms with E-state index in [1.807, 2.05) is 11.8 Å². The van der Waals surface area contributed by atoms with Gasteiger partial charge in [-0.1, -0.05) is 20.3 Å². The highest BCUT2D eigenvalue weighted by Crippen LogP contribution is 2.23. The van der Waals surface area contributed by atoms with Gasteiger partial charge >= 0.3 is 11.7 Å². The van der Waals surface area contributed by atoms with Crippen molar-refractivity contribution in [2.75, 3.05) is 18.0 Å². The average Bonchev–Trinajstić information content (AvgIpc) is 2.43. The van der Waals surface area contributed by atoms with Gasteiger partial charge in [-0.2, -0.15) is 0 Å². The number of carboxylic acid groups (broad SMARTS) is 1. The van der Waals surface area contributed by atoms with Crippen molar-refractivity contribution in [3.63, 3.8) is 0 Å². The first-order valence-electron chi connectivity index (χ1n) is 6.53. The molecule has 1 heterocycles. The molecular weight excluding hydrogens is 262 g/mol. The largest absolute Gasteiger partial charge is 0.477 e. The molecule has 0 fully saturated rings. The number of anilines is 1. The van der Waals surface area contributed by atoms with Crippen LogP contribution in [0.2, 0.25) is 0 Å². The molecule has 0 aliphatic rings. The SMILES string of the molecule is CCC(C)CN(CC)c1cc(C(=O)O)c([N+](=O)[O-])cn1. The molecule has 1 aromatic heterocycles. The Balaban J connectivity index is 3.15. The molecule has 7 heteroatoms. The van der Waals surface area contributed by atoms with Crippen LogP contribution in [0.25, 0.3) is 0 Å². The molecule has 1 aromatic rings. The van der Waals surface area contributed by atoms with Crippen molar-refractivity contribution in [3.8, 4) is 0 Å². The van der Waals surface area contributed by atoms with Gasteiger partial charge in [-0.25, -0.2) is 9.78 Å². The Morgan fingerprint density at radius 2 is 2.20 bits per heavy atom. The van der Waals surface area contributed by atoms with Gasteiger partial charge in [0.2, 0.25) is 0 Å². The average molecular weight is 281 g/mol. The standard InChI is InChI=1S/C13H19N3O4/c1-4-9(3)8-15(5-2)12-6-10(13(17)18)11(7-14-12)16(19)20/h6-7,9H,4-5,8H2,1-3H3,(H,17,18). The van der Waals surface area contributed by atoms with E-state index >= 15 is 0 Å². The van der Waals surface area contributed by atoms with E-state index in [1.54, 1.807) is 0 Å². The molecule has 110 valence electrons. The fraction of sp³-hybridized carbons (Fsp3) is 0.538. The number of carbonyl (C=O) groups is 1. The first-order chi connectivity index (χ1) is 9.40. The maximum Gasteiger partial charge on any atom is 0.342 e. The Kier molecular flexibility index (Phi) is 5.42. The lowest BCUT2D eigenvalue weighted by atomic mass is 10.1. The highest BCUT2D eigenvalue weighted by atomic mass is 16.6. The van der Waals surface area contributed by atoms with Gasteiger partial charge in [-0.15, -0.1) is 0 Å². The molecule has 0 bridgehead atoms. The third-order valence-corrected chi connectivity index (χ3v) is 3.23. The highest BCUT2D eigenvalue weighted by Gasteiger charge is 2.22. The van der Waals surface area contributed by atoms with E-state index in [0.29, 0.717) is 18.3 Å². The minimum Gasteiger partial charge on any atom is -0.477 e. The second kappa shape index (κ2) is 6.83. The summed E-state index contributed by atoms with van der Waals surface area (Å²) < 4.78 is 0. The van der Waals surface area contributed by atoms with Crippen LogP contribution in [-0.4, -0.2) is 34.1 Å². The van der Waals surface area contributed by atoms with Crippen LogP contribution in [-0.2, 0) is 0 Å². The molecule has 0 spiro atoms. The van der Waals surface area contributed by atoms with Crippen molar-refractivity contribution in [2.45, 2.75) is 27.2 Å². The first-order valence-corrected chi connectivity index (χ1v) is 6.53. The summed E-state index contributed by atoms with van der Waals surface area (Å²) >= 11 is 0. The summed E-state index contributed by atoms with van der Waals surface area (Å²) in [5.74, 6) is -0.434. The topological polar surface area (TPSA) is 96.6 Å². The number of aromatic carboxylic acids is 1. The van der Waals surface area contributed by atoms with Crippen LogP contribution >= 0.6 is 0 Å². The number of nitro groups is 1. The predicted molar refractivity (Wildman–Crippen MR) is 75.2 cm³/mol. The lowest BCUT2D eigenvalue weighted by molar-refractivity contribution is -0.385. The van der Waals surface area contributed by atoms with E-state index in [1.165, 1.54) is 6.07 Å². The number of hydrogen-bond donors (Lipinski definition) is 1. The Morgan fingerprint density at radius 1 is 1.55 bits per heavy atom. The molecule has 1 unspecified atom stereocenters. The van der Waals surface area contributed by atoms with Gasteiger partial charge in [-0.3, -0.25) is 10.1 Å². The van der Waals surface area contributed by atoms with E-state index in [-0.39, 0.29) is 5.56 Å². The Morgan fingerprint density at radius 3 is 2.65 bits per heavy atom. The highest BCUT2D eigenvalue weighted by molar-refractivity contribution is 5.93. The monoisotopic (exact) mass is 281 g/mol. The lowest BCUT2D eigenvalue weighted by Gasteiger charge is -2.25. The smallest absolute Gasteiger partial charge is 0.342 e. The molecule has 20 heavy (non-hydrogen) atoms. The number of rotatable bonds is 7. The Hall–Kier alpha value is -2.18. The third-order valence-electron chi connectivity index (χ3n) is 3.23. The van der Waals surface area contributed by atoms with Crippen molar-refractivity contribution in [1.29, 1.82) is 0 Å². The van der Waals surface area contributed by atoms with Crippen LogP contribution in [0.15, 0.2) is 12.3 Å². The fourth-order valence-corrected chi connectivity index (χ4v) is 1.82. The van der Waals surface area contributed by atoms with Crippen molar-refractivity contribution in [2.24, 2.45) is 5.92 Å². The van der Waals surface area contributed by atoms with Crippen LogP contribution in [0.3, 0.4) is 0 Å². The second-order valence-electron chi connectivity index (χ2n) is 4.67. The molecule has 0 aliphatic carbocycles. The van der Waals surface area contributed by atoms with Crippen molar-refractivity contribution >= 4 is 17.5 Å². The molecule has 0 aromatic carbocycles. The fourth-order valence-electron chi connectivity index (χ4n) is 1.82. The summed E-state index contributed by atoms with van der Waals surface area (Å²) in [4.78, 5) is 27.1. The summed E-state index contributed by atoms with van der Waals surface area (Å²) in [6.07, 6.45) is 2.01. The molecule has 1 atom stereocenters. The van der Waals surface area contributed by atoms with Crippen molar-refractivity contribution < 1.29 is 14.8 Å². The molecule has 7 nitrogen and oxygen atoms in total. The maximum absolute atomic E-state index is 11.1. The van der Waals surface area contributed by atoms with E-state index in [4.69, 9.17) is 5.11 Å². The van der Waals surface area contributed by atoms with Crippen LogP contribution < -0.4 is 4.90 Å². The second-order valence-corrected chi connectivity index (χ2v) is 4.67. The zero-order valence-electron chi connectivity index (χ0n) is 11.9. The van der Waals surface area contributed by atoms with E-state index in [0.717, 1.165) is 19.2 Å². The molecule has 0 saturated carbocycles. The number of carboxylic acids is 1. The molecule has 0 aliphatic heterocycles. The molecule has 0 radical (unpaired) electrons. The quantitative estimate of drug-likeness (QED) is 0.609. The predicted octanol–water partition coefficient (Wildman–Crippen LogP) is 2.56. The van der Waals surface area contributed by atoms with E-state index in [2.05, 4.69) is 18.8 Å². The van der Waals surface area contributed by atoms with Gasteiger partial charge in [0.05, 0.1) is 4.92 Å². The van der Waals surface area contributed by atoms with E-state index < -0.39 is 16.6 Å². The lowest BCUT2D eigenvalue weighted by Crippen LogP contribution is -2.29. The summed E-state index contributed by atoms with van der Waals surface area (Å²) in [6, 6.07) is 1.27. The number of hydrogen-bond acceptors (Lipinski definition) is 5. The molecule has 0 saturated heterocycles. The third kappa shape index (κ3) is 3.66. The van der Waals surface area contributed by atoms with Gasteiger partial charge < -0.3 is 10.0 Å². The van der Waals surface area contributed by atoms with Crippen molar-refractivity contribution in [3.05, 3.63) is 27.9 Å². The minimum atomic E-state index is -1.32. The van der Waals surface area contributed by atoms with Crippen LogP contribution in [0.5, 0.6) is 0 Å². The van der Waals surface area contributed by atoms with Gasteiger partial charge in [0.15, 0.2) is 0 Å². The van der Waals surface area contributed by atoms with Gasteiger partial charge in [-0.05, 0) is 12.8 Å². The summed E-state index contributed by atoms with van der Waals surface area (Å²) in [6.45, 7) is 7.49.